The molecule has 1 aromatic heterocycles. The molecule has 7 heteroatoms. The van der Waals surface area contributed by atoms with Gasteiger partial charge in [0, 0.05) is 24.0 Å². The molecule has 1 heterocycles. The number of hydrogen-bond donors (Lipinski definition) is 2. The van der Waals surface area contributed by atoms with Crippen LogP contribution >= 0.6 is 0 Å². The Labute approximate surface area is 116 Å². The summed E-state index contributed by atoms with van der Waals surface area (Å²) in [5.41, 5.74) is 1.52. The Balaban J connectivity index is 2.17. The molecule has 0 amide bonds. The van der Waals surface area contributed by atoms with Gasteiger partial charge in [-0.15, -0.1) is 0 Å². The minimum absolute atomic E-state index is 0.00439. The predicted molar refractivity (Wildman–Crippen MR) is 74.8 cm³/mol. The van der Waals surface area contributed by atoms with E-state index in [0.29, 0.717) is 18.0 Å². The van der Waals surface area contributed by atoms with E-state index in [1.807, 2.05) is 13.8 Å². The molecule has 0 saturated carbocycles. The van der Waals surface area contributed by atoms with E-state index in [4.69, 9.17) is 4.74 Å². The number of ether oxygens (including phenoxy) is 1. The van der Waals surface area contributed by atoms with Gasteiger partial charge in [0.25, 0.3) is 5.69 Å². The first-order valence-corrected chi connectivity index (χ1v) is 6.22. The zero-order valence-electron chi connectivity index (χ0n) is 11.3. The van der Waals surface area contributed by atoms with Crippen LogP contribution in [-0.4, -0.2) is 21.0 Å². The number of H-pyrrole nitrogens is 1. The average molecular weight is 276 g/mol. The molecule has 0 aliphatic carbocycles. The van der Waals surface area contributed by atoms with E-state index in [-0.39, 0.29) is 11.8 Å². The number of non-ortho nitro benzene ring substituents is 1. The highest BCUT2D eigenvalue weighted by Gasteiger charge is 2.11. The number of aromatic nitrogens is 2. The van der Waals surface area contributed by atoms with Gasteiger partial charge in [-0.2, -0.15) is 0 Å². The smallest absolute Gasteiger partial charge is 0.275 e. The summed E-state index contributed by atoms with van der Waals surface area (Å²) in [6.07, 6.45) is 3.23. The van der Waals surface area contributed by atoms with Gasteiger partial charge in [0.2, 0.25) is 0 Å². The first-order valence-electron chi connectivity index (χ1n) is 6.22. The molecule has 0 bridgehead atoms. The highest BCUT2D eigenvalue weighted by atomic mass is 16.6. The summed E-state index contributed by atoms with van der Waals surface area (Å²) in [6, 6.07) is 4.63. The lowest BCUT2D eigenvalue weighted by Gasteiger charge is -2.12. The lowest BCUT2D eigenvalue weighted by Crippen LogP contribution is -2.07. The molecule has 0 aliphatic rings. The van der Waals surface area contributed by atoms with Gasteiger partial charge in [0.1, 0.15) is 5.75 Å². The Hall–Kier alpha value is -2.57. The normalized spacial score (nSPS) is 10.6. The summed E-state index contributed by atoms with van der Waals surface area (Å²) < 4.78 is 5.52. The second-order valence-corrected chi connectivity index (χ2v) is 4.57. The fourth-order valence-corrected chi connectivity index (χ4v) is 1.71. The van der Waals surface area contributed by atoms with Crippen LogP contribution in [0.15, 0.2) is 30.7 Å². The van der Waals surface area contributed by atoms with Crippen molar-refractivity contribution < 1.29 is 9.66 Å². The van der Waals surface area contributed by atoms with Crippen LogP contribution in [0.2, 0.25) is 0 Å². The highest BCUT2D eigenvalue weighted by Crippen LogP contribution is 2.27. The van der Waals surface area contributed by atoms with Gasteiger partial charge < -0.3 is 15.0 Å². The maximum absolute atomic E-state index is 10.9. The second-order valence-electron chi connectivity index (χ2n) is 4.57. The highest BCUT2D eigenvalue weighted by molar-refractivity contribution is 5.56. The number of hydrogen-bond acceptors (Lipinski definition) is 5. The molecular formula is C13H16N4O3. The molecule has 0 spiro atoms. The third kappa shape index (κ3) is 3.71. The molecule has 106 valence electrons. The van der Waals surface area contributed by atoms with Crippen molar-refractivity contribution in [1.29, 1.82) is 0 Å². The number of aromatic amines is 1. The van der Waals surface area contributed by atoms with Crippen molar-refractivity contribution in [2.75, 3.05) is 5.32 Å². The molecular weight excluding hydrogens is 260 g/mol. The van der Waals surface area contributed by atoms with Crippen LogP contribution in [0.4, 0.5) is 11.4 Å². The predicted octanol–water partition coefficient (Wildman–Crippen LogP) is 2.72. The molecule has 0 aliphatic heterocycles. The standard InChI is InChI=1S/C13H16N4O3/c1-9(2)20-13-4-10(3-12(5-13)17(18)19)15-7-11-6-14-8-16-11/h3-6,8-9,15H,7H2,1-2H3,(H,14,16). The third-order valence-corrected chi connectivity index (χ3v) is 2.51. The molecule has 2 rings (SSSR count). The van der Waals surface area contributed by atoms with Crippen molar-refractivity contribution >= 4 is 11.4 Å². The third-order valence-electron chi connectivity index (χ3n) is 2.51. The maximum atomic E-state index is 10.9. The summed E-state index contributed by atoms with van der Waals surface area (Å²) in [5, 5.41) is 14.0. The molecule has 7 nitrogen and oxygen atoms in total. The second kappa shape index (κ2) is 6.05. The number of rotatable bonds is 6. The number of nitrogens with one attached hydrogen (secondary N) is 2. The van der Waals surface area contributed by atoms with Crippen LogP contribution in [0.3, 0.4) is 0 Å². The summed E-state index contributed by atoms with van der Waals surface area (Å²) in [5.74, 6) is 0.473. The van der Waals surface area contributed by atoms with Crippen molar-refractivity contribution in [3.63, 3.8) is 0 Å². The summed E-state index contributed by atoms with van der Waals surface area (Å²) in [4.78, 5) is 17.4. The van der Waals surface area contributed by atoms with E-state index in [0.717, 1.165) is 5.69 Å². The molecule has 0 radical (unpaired) electrons. The Kier molecular flexibility index (Phi) is 4.19. The van der Waals surface area contributed by atoms with E-state index in [9.17, 15) is 10.1 Å². The Morgan fingerprint density at radius 3 is 2.85 bits per heavy atom. The van der Waals surface area contributed by atoms with Gasteiger partial charge in [-0.05, 0) is 13.8 Å². The van der Waals surface area contributed by atoms with E-state index in [1.165, 1.54) is 12.1 Å². The molecule has 20 heavy (non-hydrogen) atoms. The topological polar surface area (TPSA) is 93.1 Å². The fraction of sp³-hybridized carbons (Fsp3) is 0.308. The van der Waals surface area contributed by atoms with E-state index in [1.54, 1.807) is 18.6 Å². The maximum Gasteiger partial charge on any atom is 0.275 e. The molecule has 0 atom stereocenters. The first kappa shape index (κ1) is 13.9. The summed E-state index contributed by atoms with van der Waals surface area (Å²) >= 11 is 0. The van der Waals surface area contributed by atoms with E-state index < -0.39 is 4.92 Å². The van der Waals surface area contributed by atoms with Crippen LogP contribution in [-0.2, 0) is 6.54 Å². The fourth-order valence-electron chi connectivity index (χ4n) is 1.71. The van der Waals surface area contributed by atoms with Crippen LogP contribution in [0, 0.1) is 10.1 Å². The molecule has 0 saturated heterocycles. The van der Waals surface area contributed by atoms with Gasteiger partial charge in [-0.3, -0.25) is 10.1 Å². The monoisotopic (exact) mass is 276 g/mol. The van der Waals surface area contributed by atoms with Crippen molar-refractivity contribution in [1.82, 2.24) is 9.97 Å². The Bertz CT molecular complexity index is 581. The lowest BCUT2D eigenvalue weighted by atomic mass is 10.2. The van der Waals surface area contributed by atoms with Gasteiger partial charge >= 0.3 is 0 Å². The van der Waals surface area contributed by atoms with Crippen LogP contribution in [0.25, 0.3) is 0 Å². The SMILES string of the molecule is CC(C)Oc1cc(NCc2cnc[nH]2)cc([N+](=O)[O-])c1. The summed E-state index contributed by atoms with van der Waals surface area (Å²) in [6.45, 7) is 4.25. The minimum atomic E-state index is -0.436. The largest absolute Gasteiger partial charge is 0.491 e. The first-order chi connectivity index (χ1) is 9.54. The number of nitro groups is 1. The zero-order valence-corrected chi connectivity index (χ0v) is 11.3. The molecule has 0 fully saturated rings. The van der Waals surface area contributed by atoms with E-state index in [2.05, 4.69) is 15.3 Å². The Morgan fingerprint density at radius 1 is 1.45 bits per heavy atom. The average Bonchev–Trinajstić information content (AvgIpc) is 2.88. The number of nitro benzene ring substituents is 1. The summed E-state index contributed by atoms with van der Waals surface area (Å²) in [7, 11) is 0. The van der Waals surface area contributed by atoms with Crippen LogP contribution < -0.4 is 10.1 Å². The number of imidazole rings is 1. The van der Waals surface area contributed by atoms with Crippen molar-refractivity contribution in [3.05, 3.63) is 46.5 Å². The molecule has 1 aromatic carbocycles. The van der Waals surface area contributed by atoms with Gasteiger partial charge in [-0.25, -0.2) is 4.98 Å². The van der Waals surface area contributed by atoms with E-state index >= 15 is 0 Å². The number of benzene rings is 1. The van der Waals surface area contributed by atoms with Crippen LogP contribution in [0.5, 0.6) is 5.75 Å². The van der Waals surface area contributed by atoms with Gasteiger partial charge in [0.15, 0.2) is 0 Å². The quantitative estimate of drug-likeness (QED) is 0.625. The molecule has 2 aromatic rings. The van der Waals surface area contributed by atoms with Gasteiger partial charge in [0.05, 0.1) is 35.7 Å². The number of nitrogens with zero attached hydrogens (tertiary/aromatic N) is 2. The van der Waals surface area contributed by atoms with Crippen molar-refractivity contribution in [2.24, 2.45) is 0 Å². The Morgan fingerprint density at radius 2 is 2.25 bits per heavy atom. The molecule has 2 N–H and O–H groups in total. The zero-order chi connectivity index (χ0) is 14.5. The minimum Gasteiger partial charge on any atom is -0.491 e. The van der Waals surface area contributed by atoms with Crippen molar-refractivity contribution in [3.8, 4) is 5.75 Å². The van der Waals surface area contributed by atoms with Gasteiger partial charge in [-0.1, -0.05) is 0 Å². The molecule has 0 unspecified atom stereocenters. The van der Waals surface area contributed by atoms with Crippen LogP contribution in [0.1, 0.15) is 19.5 Å². The van der Waals surface area contributed by atoms with Crippen molar-refractivity contribution in [2.45, 2.75) is 26.5 Å². The number of anilines is 1. The lowest BCUT2D eigenvalue weighted by molar-refractivity contribution is -0.384.